The molecule has 2 N–H and O–H groups in total. The van der Waals surface area contributed by atoms with Crippen molar-refractivity contribution in [2.75, 3.05) is 0 Å². The molecule has 2 aromatic rings. The number of halogens is 4. The second kappa shape index (κ2) is 4.46. The summed E-state index contributed by atoms with van der Waals surface area (Å²) in [5.74, 6) is -11.1. The summed E-state index contributed by atoms with van der Waals surface area (Å²) >= 11 is 4.44. The van der Waals surface area contributed by atoms with E-state index in [0.29, 0.717) is 0 Å². The number of H-pyrrole nitrogens is 1. The van der Waals surface area contributed by atoms with Crippen LogP contribution < -0.4 is 0 Å². The fourth-order valence-corrected chi connectivity index (χ4v) is 1.52. The fourth-order valence-electron chi connectivity index (χ4n) is 1.39. The first kappa shape index (κ1) is 13.2. The van der Waals surface area contributed by atoms with Crippen molar-refractivity contribution in [3.63, 3.8) is 0 Å². The Balaban J connectivity index is 2.93. The number of aromatic carboxylic acids is 1. The number of nitrogens with one attached hydrogen (secondary N) is 1. The van der Waals surface area contributed by atoms with Gasteiger partial charge in [0.2, 0.25) is 0 Å². The molecular formula is C9H2F4N2O3S. The smallest absolute Gasteiger partial charge is 0.339 e. The third kappa shape index (κ3) is 1.99. The molecule has 0 spiro atoms. The molecule has 0 aliphatic heterocycles. The van der Waals surface area contributed by atoms with Crippen LogP contribution in [0.1, 0.15) is 10.4 Å². The van der Waals surface area contributed by atoms with Gasteiger partial charge < -0.3 is 9.63 Å². The molecule has 0 radical (unpaired) electrons. The minimum absolute atomic E-state index is 0.448. The average Bonchev–Trinajstić information content (AvgIpc) is 2.76. The second-order valence-corrected chi connectivity index (χ2v) is 3.59. The number of rotatable bonds is 2. The van der Waals surface area contributed by atoms with Gasteiger partial charge in [0.1, 0.15) is 5.56 Å². The Labute approximate surface area is 106 Å². The molecule has 0 atom stereocenters. The summed E-state index contributed by atoms with van der Waals surface area (Å²) < 4.78 is 57.5. The van der Waals surface area contributed by atoms with Crippen LogP contribution in [0.3, 0.4) is 0 Å². The maximum absolute atomic E-state index is 13.6. The summed E-state index contributed by atoms with van der Waals surface area (Å²) in [6.45, 7) is 0. The zero-order chi connectivity index (χ0) is 14.3. The maximum Gasteiger partial charge on any atom is 0.339 e. The van der Waals surface area contributed by atoms with Gasteiger partial charge in [0.15, 0.2) is 29.1 Å². The number of hydrogen-bond acceptors (Lipinski definition) is 4. The summed E-state index contributed by atoms with van der Waals surface area (Å²) in [5.41, 5.74) is -2.54. The van der Waals surface area contributed by atoms with Crippen LogP contribution in [0.2, 0.25) is 0 Å². The summed E-state index contributed by atoms with van der Waals surface area (Å²) in [7, 11) is 0. The molecule has 0 unspecified atom stereocenters. The predicted octanol–water partition coefficient (Wildman–Crippen LogP) is 2.65. The molecular weight excluding hydrogens is 292 g/mol. The van der Waals surface area contributed by atoms with Crippen molar-refractivity contribution in [3.8, 4) is 11.4 Å². The van der Waals surface area contributed by atoms with E-state index in [1.807, 2.05) is 5.16 Å². The van der Waals surface area contributed by atoms with E-state index in [0.717, 1.165) is 0 Å². The first-order chi connectivity index (χ1) is 8.84. The molecule has 100 valence electrons. The Morgan fingerprint density at radius 2 is 1.74 bits per heavy atom. The molecule has 5 nitrogen and oxygen atoms in total. The molecule has 19 heavy (non-hydrogen) atoms. The number of carboxylic acid groups (broad SMARTS) is 1. The molecule has 10 heteroatoms. The van der Waals surface area contributed by atoms with Crippen LogP contribution in [0.25, 0.3) is 11.4 Å². The first-order valence-electron chi connectivity index (χ1n) is 4.49. The van der Waals surface area contributed by atoms with Crippen LogP contribution in [0.5, 0.6) is 0 Å². The topological polar surface area (TPSA) is 79.1 Å². The summed E-state index contributed by atoms with van der Waals surface area (Å²) in [5, 5.41) is 10.6. The van der Waals surface area contributed by atoms with Crippen molar-refractivity contribution in [2.45, 2.75) is 0 Å². The highest BCUT2D eigenvalue weighted by Gasteiger charge is 2.31. The molecule has 1 heterocycles. The Bertz CT molecular complexity index is 740. The first-order valence-corrected chi connectivity index (χ1v) is 4.90. The Morgan fingerprint density at radius 1 is 1.16 bits per heavy atom. The number of carboxylic acids is 1. The van der Waals surface area contributed by atoms with Crippen molar-refractivity contribution in [1.29, 1.82) is 0 Å². The normalized spacial score (nSPS) is 10.7. The van der Waals surface area contributed by atoms with E-state index in [1.54, 1.807) is 0 Å². The molecule has 0 fully saturated rings. The van der Waals surface area contributed by atoms with Gasteiger partial charge in [-0.2, -0.15) is 4.98 Å². The lowest BCUT2D eigenvalue weighted by Crippen LogP contribution is -2.11. The molecule has 0 aliphatic rings. The lowest BCUT2D eigenvalue weighted by Gasteiger charge is -2.07. The van der Waals surface area contributed by atoms with E-state index in [9.17, 15) is 22.4 Å². The third-order valence-electron chi connectivity index (χ3n) is 2.16. The van der Waals surface area contributed by atoms with Crippen LogP contribution in [0.15, 0.2) is 4.52 Å². The van der Waals surface area contributed by atoms with Crippen LogP contribution in [-0.4, -0.2) is 21.2 Å². The molecule has 0 amide bonds. The molecule has 0 saturated carbocycles. The monoisotopic (exact) mass is 294 g/mol. The third-order valence-corrected chi connectivity index (χ3v) is 2.33. The highest BCUT2D eigenvalue weighted by atomic mass is 32.1. The van der Waals surface area contributed by atoms with Gasteiger partial charge in [-0.25, -0.2) is 27.5 Å². The van der Waals surface area contributed by atoms with Crippen LogP contribution >= 0.6 is 12.2 Å². The molecule has 1 aromatic heterocycles. The standard InChI is InChI=1S/C9H2F4N2O3S/c10-3-1(7-14-9(19)18-15-7)2(8(16)17)4(11)6(13)5(3)12/h(H,16,17)(H,14,15,19). The minimum atomic E-state index is -2.24. The molecule has 0 bridgehead atoms. The Morgan fingerprint density at radius 3 is 2.21 bits per heavy atom. The van der Waals surface area contributed by atoms with Gasteiger partial charge in [0, 0.05) is 0 Å². The van der Waals surface area contributed by atoms with Crippen LogP contribution in [0.4, 0.5) is 17.6 Å². The molecule has 2 rings (SSSR count). The Hall–Kier alpha value is -2.23. The van der Waals surface area contributed by atoms with E-state index in [-0.39, 0.29) is 0 Å². The summed E-state index contributed by atoms with van der Waals surface area (Å²) in [6, 6.07) is 0. The number of hydrogen-bond donors (Lipinski definition) is 2. The second-order valence-electron chi connectivity index (χ2n) is 3.24. The fraction of sp³-hybridized carbons (Fsp3) is 0. The SMILES string of the molecule is O=C(O)c1c(F)c(F)c(F)c(F)c1-c1nc(=S)o[nH]1. The molecule has 0 saturated heterocycles. The lowest BCUT2D eigenvalue weighted by molar-refractivity contribution is 0.0690. The highest BCUT2D eigenvalue weighted by Crippen LogP contribution is 2.30. The van der Waals surface area contributed by atoms with Gasteiger partial charge in [0.05, 0.1) is 5.56 Å². The van der Waals surface area contributed by atoms with E-state index >= 15 is 0 Å². The van der Waals surface area contributed by atoms with Crippen molar-refractivity contribution in [3.05, 3.63) is 33.7 Å². The van der Waals surface area contributed by atoms with Crippen molar-refractivity contribution >= 4 is 18.2 Å². The van der Waals surface area contributed by atoms with Crippen molar-refractivity contribution < 1.29 is 32.0 Å². The van der Waals surface area contributed by atoms with Crippen LogP contribution in [0, 0.1) is 28.1 Å². The van der Waals surface area contributed by atoms with Gasteiger partial charge in [-0.05, 0) is 12.2 Å². The minimum Gasteiger partial charge on any atom is -0.478 e. The predicted molar refractivity (Wildman–Crippen MR) is 53.9 cm³/mol. The van der Waals surface area contributed by atoms with Crippen LogP contribution in [-0.2, 0) is 0 Å². The van der Waals surface area contributed by atoms with E-state index in [2.05, 4.69) is 21.7 Å². The van der Waals surface area contributed by atoms with Gasteiger partial charge in [-0.3, -0.25) is 0 Å². The number of benzene rings is 1. The number of aromatic amines is 1. The number of carbonyl (C=O) groups is 1. The van der Waals surface area contributed by atoms with Gasteiger partial charge in [0.25, 0.3) is 0 Å². The van der Waals surface area contributed by atoms with Crippen molar-refractivity contribution in [2.24, 2.45) is 0 Å². The maximum atomic E-state index is 13.6. The zero-order valence-corrected chi connectivity index (χ0v) is 9.45. The van der Waals surface area contributed by atoms with Gasteiger partial charge in [-0.15, -0.1) is 0 Å². The van der Waals surface area contributed by atoms with Crippen molar-refractivity contribution in [1.82, 2.24) is 10.1 Å². The quantitative estimate of drug-likeness (QED) is 0.385. The summed E-state index contributed by atoms with van der Waals surface area (Å²) in [4.78, 5) is 13.7. The van der Waals surface area contributed by atoms with E-state index in [4.69, 9.17) is 5.11 Å². The Kier molecular flexibility index (Phi) is 3.10. The van der Waals surface area contributed by atoms with E-state index < -0.39 is 51.0 Å². The average molecular weight is 294 g/mol. The summed E-state index contributed by atoms with van der Waals surface area (Å²) in [6.07, 6.45) is 0. The number of nitrogens with zero attached hydrogens (tertiary/aromatic N) is 1. The largest absolute Gasteiger partial charge is 0.478 e. The molecule has 0 aliphatic carbocycles. The zero-order valence-electron chi connectivity index (χ0n) is 8.63. The van der Waals surface area contributed by atoms with Gasteiger partial charge in [-0.1, -0.05) is 0 Å². The van der Waals surface area contributed by atoms with Gasteiger partial charge >= 0.3 is 10.8 Å². The number of aromatic nitrogens is 2. The van der Waals surface area contributed by atoms with E-state index in [1.165, 1.54) is 0 Å². The lowest BCUT2D eigenvalue weighted by atomic mass is 10.0. The molecule has 1 aromatic carbocycles. The highest BCUT2D eigenvalue weighted by molar-refractivity contribution is 7.71.